The third-order valence-electron chi connectivity index (χ3n) is 5.62. The van der Waals surface area contributed by atoms with Crippen molar-refractivity contribution in [3.63, 3.8) is 0 Å². The molecule has 0 spiro atoms. The maximum Gasteiger partial charge on any atom is 0.237 e. The van der Waals surface area contributed by atoms with Crippen molar-refractivity contribution in [3.05, 3.63) is 18.3 Å². The van der Waals surface area contributed by atoms with Crippen molar-refractivity contribution < 1.29 is 4.74 Å². The van der Waals surface area contributed by atoms with E-state index >= 15 is 0 Å². The number of rotatable bonds is 4. The smallest absolute Gasteiger partial charge is 0.237 e. The van der Waals surface area contributed by atoms with Crippen molar-refractivity contribution >= 4 is 5.69 Å². The van der Waals surface area contributed by atoms with Gasteiger partial charge in [-0.25, -0.2) is 4.98 Å². The number of fused-ring (bicyclic) bond motifs is 2. The van der Waals surface area contributed by atoms with Crippen LogP contribution in [0.3, 0.4) is 0 Å². The Morgan fingerprint density at radius 1 is 1.40 bits per heavy atom. The zero-order valence-electron chi connectivity index (χ0n) is 13.1. The SMILES string of the molecule is CCOc1ncccc1NC1C2(C)CCC(C2)C1(C)C. The first-order valence-electron chi connectivity index (χ1n) is 7.82. The van der Waals surface area contributed by atoms with Gasteiger partial charge in [0, 0.05) is 12.2 Å². The van der Waals surface area contributed by atoms with Crippen LogP contribution in [0.2, 0.25) is 0 Å². The summed E-state index contributed by atoms with van der Waals surface area (Å²) < 4.78 is 5.65. The van der Waals surface area contributed by atoms with E-state index in [2.05, 4.69) is 37.1 Å². The lowest BCUT2D eigenvalue weighted by atomic mass is 9.68. The molecule has 3 nitrogen and oxygen atoms in total. The number of hydrogen-bond donors (Lipinski definition) is 1. The third-order valence-corrected chi connectivity index (χ3v) is 5.62. The first-order valence-corrected chi connectivity index (χ1v) is 7.82. The predicted molar refractivity (Wildman–Crippen MR) is 82.0 cm³/mol. The molecule has 3 atom stereocenters. The van der Waals surface area contributed by atoms with Gasteiger partial charge in [-0.1, -0.05) is 20.8 Å². The number of aromatic nitrogens is 1. The highest BCUT2D eigenvalue weighted by Gasteiger charge is 2.59. The third kappa shape index (κ3) is 1.99. The van der Waals surface area contributed by atoms with E-state index in [9.17, 15) is 0 Å². The molecule has 1 N–H and O–H groups in total. The van der Waals surface area contributed by atoms with Gasteiger partial charge in [-0.15, -0.1) is 0 Å². The maximum absolute atomic E-state index is 5.65. The Bertz CT molecular complexity index is 495. The Kier molecular flexibility index (Phi) is 3.19. The monoisotopic (exact) mass is 274 g/mol. The van der Waals surface area contributed by atoms with E-state index in [1.807, 2.05) is 13.0 Å². The summed E-state index contributed by atoms with van der Waals surface area (Å²) in [4.78, 5) is 4.36. The average Bonchev–Trinajstić information content (AvgIpc) is 2.88. The molecular formula is C17H26N2O. The molecule has 2 saturated carbocycles. The molecule has 2 fully saturated rings. The Labute approximate surface area is 122 Å². The van der Waals surface area contributed by atoms with Crippen molar-refractivity contribution in [2.24, 2.45) is 16.7 Å². The van der Waals surface area contributed by atoms with E-state index in [0.717, 1.165) is 17.5 Å². The molecule has 2 bridgehead atoms. The second-order valence-corrected chi connectivity index (χ2v) is 7.28. The second kappa shape index (κ2) is 4.64. The molecule has 0 saturated heterocycles. The molecule has 0 aromatic carbocycles. The first-order chi connectivity index (χ1) is 9.47. The summed E-state index contributed by atoms with van der Waals surface area (Å²) in [5.74, 6) is 1.58. The normalized spacial score (nSPS) is 34.2. The molecule has 2 aliphatic carbocycles. The lowest BCUT2D eigenvalue weighted by Gasteiger charge is -2.43. The summed E-state index contributed by atoms with van der Waals surface area (Å²) >= 11 is 0. The van der Waals surface area contributed by atoms with Crippen LogP contribution in [0.25, 0.3) is 0 Å². The molecule has 20 heavy (non-hydrogen) atoms. The summed E-state index contributed by atoms with van der Waals surface area (Å²) in [6.45, 7) is 9.92. The first kappa shape index (κ1) is 13.7. The average molecular weight is 274 g/mol. The summed E-state index contributed by atoms with van der Waals surface area (Å²) in [5, 5.41) is 3.77. The van der Waals surface area contributed by atoms with Gasteiger partial charge in [-0.2, -0.15) is 0 Å². The van der Waals surface area contributed by atoms with Crippen molar-refractivity contribution in [2.75, 3.05) is 11.9 Å². The molecule has 1 aromatic rings. The van der Waals surface area contributed by atoms with Crippen LogP contribution < -0.4 is 10.1 Å². The van der Waals surface area contributed by atoms with E-state index in [4.69, 9.17) is 4.74 Å². The van der Waals surface area contributed by atoms with Crippen LogP contribution in [0.5, 0.6) is 5.88 Å². The number of nitrogens with one attached hydrogen (secondary N) is 1. The molecule has 0 radical (unpaired) electrons. The largest absolute Gasteiger partial charge is 0.476 e. The highest BCUT2D eigenvalue weighted by molar-refractivity contribution is 5.54. The minimum Gasteiger partial charge on any atom is -0.476 e. The Morgan fingerprint density at radius 3 is 2.85 bits per heavy atom. The van der Waals surface area contributed by atoms with E-state index in [1.54, 1.807) is 6.20 Å². The maximum atomic E-state index is 5.65. The van der Waals surface area contributed by atoms with Crippen molar-refractivity contribution in [1.82, 2.24) is 4.98 Å². The lowest BCUT2D eigenvalue weighted by Crippen LogP contribution is -2.45. The van der Waals surface area contributed by atoms with E-state index in [1.165, 1.54) is 19.3 Å². The van der Waals surface area contributed by atoms with E-state index in [0.29, 0.717) is 23.5 Å². The molecule has 0 aliphatic heterocycles. The zero-order valence-corrected chi connectivity index (χ0v) is 13.1. The number of nitrogens with zero attached hydrogens (tertiary/aromatic N) is 1. The minimum absolute atomic E-state index is 0.340. The van der Waals surface area contributed by atoms with Crippen molar-refractivity contribution in [2.45, 2.75) is 53.0 Å². The molecular weight excluding hydrogens is 248 g/mol. The molecule has 3 rings (SSSR count). The molecule has 3 unspecified atom stereocenters. The summed E-state index contributed by atoms with van der Waals surface area (Å²) in [6, 6.07) is 4.56. The molecule has 0 amide bonds. The van der Waals surface area contributed by atoms with Crippen molar-refractivity contribution in [1.29, 1.82) is 0 Å². The van der Waals surface area contributed by atoms with Gasteiger partial charge in [-0.3, -0.25) is 0 Å². The van der Waals surface area contributed by atoms with Crippen LogP contribution in [0.15, 0.2) is 18.3 Å². The van der Waals surface area contributed by atoms with Gasteiger partial charge in [0.25, 0.3) is 0 Å². The van der Waals surface area contributed by atoms with Gasteiger partial charge >= 0.3 is 0 Å². The van der Waals surface area contributed by atoms with Crippen LogP contribution in [0.1, 0.15) is 47.0 Å². The van der Waals surface area contributed by atoms with Gasteiger partial charge in [-0.05, 0) is 55.1 Å². The molecule has 1 aromatic heterocycles. The fraction of sp³-hybridized carbons (Fsp3) is 0.706. The van der Waals surface area contributed by atoms with Gasteiger partial charge in [0.1, 0.15) is 0 Å². The van der Waals surface area contributed by atoms with E-state index < -0.39 is 0 Å². The summed E-state index contributed by atoms with van der Waals surface area (Å²) in [6.07, 6.45) is 5.86. The van der Waals surface area contributed by atoms with Gasteiger partial charge < -0.3 is 10.1 Å². The van der Waals surface area contributed by atoms with Gasteiger partial charge in [0.15, 0.2) is 0 Å². The quantitative estimate of drug-likeness (QED) is 0.897. The number of hydrogen-bond acceptors (Lipinski definition) is 3. The van der Waals surface area contributed by atoms with Crippen LogP contribution in [0, 0.1) is 16.7 Å². The second-order valence-electron chi connectivity index (χ2n) is 7.28. The number of anilines is 1. The highest BCUT2D eigenvalue weighted by atomic mass is 16.5. The molecule has 1 heterocycles. The Balaban J connectivity index is 1.88. The van der Waals surface area contributed by atoms with Crippen LogP contribution >= 0.6 is 0 Å². The topological polar surface area (TPSA) is 34.1 Å². The standard InChI is InChI=1S/C17H26N2O/c1-5-20-14-13(7-6-10-18-14)19-15-16(2,3)12-8-9-17(15,4)11-12/h6-7,10,12,15,19H,5,8-9,11H2,1-4H3. The van der Waals surface area contributed by atoms with Crippen LogP contribution in [0.4, 0.5) is 5.69 Å². The fourth-order valence-corrected chi connectivity index (χ4v) is 4.57. The zero-order chi connectivity index (χ0) is 14.4. The van der Waals surface area contributed by atoms with Gasteiger partial charge in [0.2, 0.25) is 5.88 Å². The Morgan fingerprint density at radius 2 is 2.20 bits per heavy atom. The Hall–Kier alpha value is -1.25. The summed E-state index contributed by atoms with van der Waals surface area (Å²) in [5.41, 5.74) is 1.79. The highest BCUT2D eigenvalue weighted by Crippen LogP contribution is 2.63. The van der Waals surface area contributed by atoms with Crippen LogP contribution in [-0.4, -0.2) is 17.6 Å². The minimum atomic E-state index is 0.340. The molecule has 110 valence electrons. The van der Waals surface area contributed by atoms with Crippen LogP contribution in [-0.2, 0) is 0 Å². The number of ether oxygens (including phenoxy) is 1. The van der Waals surface area contributed by atoms with Gasteiger partial charge in [0.05, 0.1) is 12.3 Å². The fourth-order valence-electron chi connectivity index (χ4n) is 4.57. The summed E-state index contributed by atoms with van der Waals surface area (Å²) in [7, 11) is 0. The predicted octanol–water partition coefficient (Wildman–Crippen LogP) is 4.11. The molecule has 3 heteroatoms. The lowest BCUT2D eigenvalue weighted by molar-refractivity contribution is 0.155. The molecule has 2 aliphatic rings. The van der Waals surface area contributed by atoms with E-state index in [-0.39, 0.29) is 0 Å². The van der Waals surface area contributed by atoms with Crippen molar-refractivity contribution in [3.8, 4) is 5.88 Å². The number of pyridine rings is 1.